The van der Waals surface area contributed by atoms with Crippen molar-refractivity contribution in [3.63, 3.8) is 0 Å². The monoisotopic (exact) mass is 312 g/mol. The van der Waals surface area contributed by atoms with E-state index in [-0.39, 0.29) is 45.8 Å². The van der Waals surface area contributed by atoms with E-state index in [1.54, 1.807) is 0 Å². The molecule has 2 rings (SSSR count). The van der Waals surface area contributed by atoms with Gasteiger partial charge in [0.05, 0.1) is 11.3 Å². The molecule has 2 atom stereocenters. The number of carbonyl (C=O) groups is 2. The summed E-state index contributed by atoms with van der Waals surface area (Å²) in [4.78, 5) is 22.5. The van der Waals surface area contributed by atoms with Crippen molar-refractivity contribution in [2.75, 3.05) is 0 Å². The van der Waals surface area contributed by atoms with Crippen molar-refractivity contribution < 1.29 is 19.1 Å². The molecule has 4 heteroatoms. The van der Waals surface area contributed by atoms with Crippen LogP contribution in [-0.4, -0.2) is 23.1 Å². The Morgan fingerprint density at radius 1 is 0.818 bits per heavy atom. The molecule has 2 aliphatic heterocycles. The summed E-state index contributed by atoms with van der Waals surface area (Å²) < 4.78 is 10.5. The minimum Gasteiger partial charge on any atom is -0.459 e. The van der Waals surface area contributed by atoms with Crippen LogP contribution in [0.5, 0.6) is 0 Å². The zero-order chi connectivity index (χ0) is 17.7. The Balaban J connectivity index is 0.000000220. The highest BCUT2D eigenvalue weighted by Crippen LogP contribution is 2.47. The summed E-state index contributed by atoms with van der Waals surface area (Å²) in [5, 5.41) is 0. The predicted molar refractivity (Wildman–Crippen MR) is 86.2 cm³/mol. The molecule has 0 aliphatic carbocycles. The topological polar surface area (TPSA) is 52.6 Å². The Bertz CT molecular complexity index is 471. The molecular weight excluding hydrogens is 280 g/mol. The fraction of sp³-hybridized carbons (Fsp3) is 0.889. The van der Waals surface area contributed by atoms with Crippen LogP contribution in [0.2, 0.25) is 0 Å². The third-order valence-electron chi connectivity index (χ3n) is 6.35. The Kier molecular flexibility index (Phi) is 4.52. The fourth-order valence-electron chi connectivity index (χ4n) is 2.79. The molecule has 0 aromatic rings. The molecule has 2 heterocycles. The molecule has 2 aliphatic rings. The lowest BCUT2D eigenvalue weighted by molar-refractivity contribution is -0.151. The van der Waals surface area contributed by atoms with Gasteiger partial charge in [0.1, 0.15) is 11.2 Å². The molecule has 128 valence electrons. The number of hydrogen-bond donors (Lipinski definition) is 0. The van der Waals surface area contributed by atoms with E-state index in [4.69, 9.17) is 9.47 Å². The van der Waals surface area contributed by atoms with E-state index in [0.29, 0.717) is 0 Å². The van der Waals surface area contributed by atoms with Crippen LogP contribution >= 0.6 is 0 Å². The number of ether oxygens (including phenoxy) is 2. The molecule has 0 aromatic heterocycles. The SMILES string of the molecule is CC1C(=O)OC(C)(C)C1(C)C.CC1C(C)(C)OC(=O)C1(C)C. The van der Waals surface area contributed by atoms with Crippen LogP contribution in [0, 0.1) is 22.7 Å². The zero-order valence-electron chi connectivity index (χ0n) is 15.8. The highest BCUT2D eigenvalue weighted by atomic mass is 16.6. The lowest BCUT2D eigenvalue weighted by Crippen LogP contribution is -2.37. The number of esters is 2. The first-order valence-corrected chi connectivity index (χ1v) is 8.03. The third-order valence-corrected chi connectivity index (χ3v) is 6.35. The summed E-state index contributed by atoms with van der Waals surface area (Å²) in [5.74, 6) is 0.148. The maximum absolute atomic E-state index is 11.3. The average Bonchev–Trinajstić information content (AvgIpc) is 2.56. The van der Waals surface area contributed by atoms with Gasteiger partial charge in [-0.25, -0.2) is 0 Å². The van der Waals surface area contributed by atoms with Crippen molar-refractivity contribution in [3.05, 3.63) is 0 Å². The van der Waals surface area contributed by atoms with Crippen LogP contribution in [0.25, 0.3) is 0 Å². The van der Waals surface area contributed by atoms with Gasteiger partial charge in [0.25, 0.3) is 0 Å². The van der Waals surface area contributed by atoms with E-state index in [9.17, 15) is 9.59 Å². The summed E-state index contributed by atoms with van der Waals surface area (Å²) in [6.07, 6.45) is 0. The van der Waals surface area contributed by atoms with Crippen molar-refractivity contribution in [3.8, 4) is 0 Å². The van der Waals surface area contributed by atoms with Crippen LogP contribution in [0.15, 0.2) is 0 Å². The van der Waals surface area contributed by atoms with Gasteiger partial charge in [0, 0.05) is 11.3 Å². The first-order chi connectivity index (χ1) is 9.57. The summed E-state index contributed by atoms with van der Waals surface area (Å²) in [7, 11) is 0. The lowest BCUT2D eigenvalue weighted by atomic mass is 9.71. The Morgan fingerprint density at radius 2 is 1.27 bits per heavy atom. The molecule has 0 saturated carbocycles. The maximum Gasteiger partial charge on any atom is 0.312 e. The van der Waals surface area contributed by atoms with Gasteiger partial charge in [-0.05, 0) is 41.5 Å². The first kappa shape index (κ1) is 19.0. The van der Waals surface area contributed by atoms with Crippen LogP contribution in [0.1, 0.15) is 69.2 Å². The second-order valence-corrected chi connectivity index (χ2v) is 8.81. The van der Waals surface area contributed by atoms with Gasteiger partial charge in [-0.2, -0.15) is 0 Å². The molecule has 0 amide bonds. The third kappa shape index (κ3) is 2.89. The Morgan fingerprint density at radius 3 is 1.36 bits per heavy atom. The van der Waals surface area contributed by atoms with Crippen molar-refractivity contribution in [1.82, 2.24) is 0 Å². The number of carbonyl (C=O) groups excluding carboxylic acids is 2. The van der Waals surface area contributed by atoms with Gasteiger partial charge in [-0.15, -0.1) is 0 Å². The predicted octanol–water partition coefficient (Wildman–Crippen LogP) is 3.97. The lowest BCUT2D eigenvalue weighted by Gasteiger charge is -2.33. The quantitative estimate of drug-likeness (QED) is 0.635. The number of cyclic esters (lactones) is 2. The highest BCUT2D eigenvalue weighted by molar-refractivity contribution is 5.79. The second-order valence-electron chi connectivity index (χ2n) is 8.81. The van der Waals surface area contributed by atoms with E-state index in [0.717, 1.165) is 0 Å². The van der Waals surface area contributed by atoms with Crippen molar-refractivity contribution >= 4 is 11.9 Å². The minimum atomic E-state index is -0.316. The number of hydrogen-bond acceptors (Lipinski definition) is 4. The standard InChI is InChI=1S/2C9H16O2/c1-6-8(2,3)7(10)11-9(6,4)5;1-6-7(10)11-9(4,5)8(6,2)3/h2*6H,1-5H3. The summed E-state index contributed by atoms with van der Waals surface area (Å²) in [5.41, 5.74) is -0.975. The van der Waals surface area contributed by atoms with Crippen molar-refractivity contribution in [2.45, 2.75) is 80.4 Å². The van der Waals surface area contributed by atoms with E-state index in [1.165, 1.54) is 0 Å². The maximum atomic E-state index is 11.3. The van der Waals surface area contributed by atoms with Crippen LogP contribution in [-0.2, 0) is 19.1 Å². The van der Waals surface area contributed by atoms with E-state index < -0.39 is 0 Å². The van der Waals surface area contributed by atoms with Gasteiger partial charge in [-0.3, -0.25) is 9.59 Å². The normalized spacial score (nSPS) is 33.5. The van der Waals surface area contributed by atoms with E-state index >= 15 is 0 Å². The zero-order valence-corrected chi connectivity index (χ0v) is 15.8. The largest absolute Gasteiger partial charge is 0.459 e. The van der Waals surface area contributed by atoms with Gasteiger partial charge in [0.2, 0.25) is 0 Å². The van der Waals surface area contributed by atoms with Crippen LogP contribution < -0.4 is 0 Å². The smallest absolute Gasteiger partial charge is 0.312 e. The van der Waals surface area contributed by atoms with Gasteiger partial charge in [0.15, 0.2) is 0 Å². The molecule has 0 bridgehead atoms. The molecule has 0 N–H and O–H groups in total. The molecular formula is C18H32O4. The summed E-state index contributed by atoms with van der Waals surface area (Å²) >= 11 is 0. The first-order valence-electron chi connectivity index (χ1n) is 8.03. The molecule has 0 spiro atoms. The highest BCUT2D eigenvalue weighted by Gasteiger charge is 2.54. The molecule has 2 unspecified atom stereocenters. The summed E-state index contributed by atoms with van der Waals surface area (Å²) in [6.45, 7) is 19.9. The van der Waals surface area contributed by atoms with Crippen LogP contribution in [0.4, 0.5) is 0 Å². The number of rotatable bonds is 0. The molecule has 4 nitrogen and oxygen atoms in total. The van der Waals surface area contributed by atoms with E-state index in [2.05, 4.69) is 20.8 Å². The van der Waals surface area contributed by atoms with Gasteiger partial charge in [-0.1, -0.05) is 27.7 Å². The molecule has 2 saturated heterocycles. The molecule has 0 aromatic carbocycles. The second kappa shape index (κ2) is 5.24. The van der Waals surface area contributed by atoms with E-state index in [1.807, 2.05) is 48.5 Å². The van der Waals surface area contributed by atoms with Crippen molar-refractivity contribution in [1.29, 1.82) is 0 Å². The fourth-order valence-corrected chi connectivity index (χ4v) is 2.79. The minimum absolute atomic E-state index is 0.0116. The Labute approximate surface area is 134 Å². The van der Waals surface area contributed by atoms with Crippen LogP contribution in [0.3, 0.4) is 0 Å². The van der Waals surface area contributed by atoms with Gasteiger partial charge >= 0.3 is 11.9 Å². The average molecular weight is 312 g/mol. The molecule has 0 radical (unpaired) electrons. The Hall–Kier alpha value is -1.06. The summed E-state index contributed by atoms with van der Waals surface area (Å²) in [6, 6.07) is 0. The molecule has 2 fully saturated rings. The van der Waals surface area contributed by atoms with Gasteiger partial charge < -0.3 is 9.47 Å². The van der Waals surface area contributed by atoms with Crippen molar-refractivity contribution in [2.24, 2.45) is 22.7 Å². The molecule has 22 heavy (non-hydrogen) atoms.